The average molecular weight is 301 g/mol. The lowest BCUT2D eigenvalue weighted by molar-refractivity contribution is -0.141. The zero-order chi connectivity index (χ0) is 15.9. The third-order valence-electron chi connectivity index (χ3n) is 3.64. The van der Waals surface area contributed by atoms with Crippen LogP contribution in [0.1, 0.15) is 23.6 Å². The summed E-state index contributed by atoms with van der Waals surface area (Å²) in [6.07, 6.45) is 0.317. The number of carbonyl (C=O) groups is 1. The van der Waals surface area contributed by atoms with E-state index >= 15 is 0 Å². The van der Waals surface area contributed by atoms with Crippen molar-refractivity contribution >= 4 is 5.97 Å². The lowest BCUT2D eigenvalue weighted by Gasteiger charge is -2.28. The summed E-state index contributed by atoms with van der Waals surface area (Å²) in [6, 6.07) is 16.4. The molecule has 116 valence electrons. The molecule has 1 atom stereocenters. The van der Waals surface area contributed by atoms with Crippen LogP contribution in [-0.2, 0) is 9.53 Å². The van der Waals surface area contributed by atoms with Crippen LogP contribution in [0.3, 0.4) is 0 Å². The molecule has 2 aromatic carbocycles. The number of rotatable bonds is 6. The van der Waals surface area contributed by atoms with Crippen molar-refractivity contribution in [3.63, 3.8) is 0 Å². The second-order valence-electron chi connectivity index (χ2n) is 5.17. The molecule has 0 saturated heterocycles. The van der Waals surface area contributed by atoms with Crippen molar-refractivity contribution in [2.75, 3.05) is 20.7 Å². The highest BCUT2D eigenvalue weighted by atomic mass is 19.1. The number of hydrogen-bond donors (Lipinski definition) is 0. The molecule has 0 amide bonds. The van der Waals surface area contributed by atoms with Gasteiger partial charge in [-0.3, -0.25) is 9.69 Å². The smallest absolute Gasteiger partial charge is 0.306 e. The number of benzene rings is 2. The van der Waals surface area contributed by atoms with Crippen LogP contribution in [0.4, 0.5) is 4.39 Å². The lowest BCUT2D eigenvalue weighted by Crippen LogP contribution is -2.28. The zero-order valence-corrected chi connectivity index (χ0v) is 12.8. The Morgan fingerprint density at radius 1 is 1.09 bits per heavy atom. The van der Waals surface area contributed by atoms with Crippen LogP contribution in [0.2, 0.25) is 0 Å². The van der Waals surface area contributed by atoms with Crippen LogP contribution in [-0.4, -0.2) is 31.6 Å². The van der Waals surface area contributed by atoms with E-state index in [1.54, 1.807) is 12.1 Å². The first-order valence-electron chi connectivity index (χ1n) is 7.19. The van der Waals surface area contributed by atoms with Gasteiger partial charge in [-0.25, -0.2) is 4.39 Å². The van der Waals surface area contributed by atoms with Gasteiger partial charge >= 0.3 is 5.97 Å². The Balaban J connectivity index is 2.25. The second-order valence-corrected chi connectivity index (χ2v) is 5.17. The van der Waals surface area contributed by atoms with E-state index in [9.17, 15) is 9.18 Å². The molecule has 0 aromatic heterocycles. The number of hydrogen-bond acceptors (Lipinski definition) is 3. The Kier molecular flexibility index (Phi) is 5.67. The minimum Gasteiger partial charge on any atom is -0.469 e. The summed E-state index contributed by atoms with van der Waals surface area (Å²) in [5.41, 5.74) is 2.08. The van der Waals surface area contributed by atoms with Crippen molar-refractivity contribution in [2.24, 2.45) is 0 Å². The Morgan fingerprint density at radius 3 is 2.27 bits per heavy atom. The molecule has 3 nitrogen and oxygen atoms in total. The highest BCUT2D eigenvalue weighted by molar-refractivity contribution is 5.69. The fourth-order valence-electron chi connectivity index (χ4n) is 2.48. The van der Waals surface area contributed by atoms with Crippen LogP contribution in [0.5, 0.6) is 0 Å². The van der Waals surface area contributed by atoms with Crippen molar-refractivity contribution in [2.45, 2.75) is 12.5 Å². The quantitative estimate of drug-likeness (QED) is 0.766. The number of methoxy groups -OCH3 is 1. The summed E-state index contributed by atoms with van der Waals surface area (Å²) in [6.45, 7) is 0.559. The van der Waals surface area contributed by atoms with Gasteiger partial charge in [0.05, 0.1) is 19.6 Å². The highest BCUT2D eigenvalue weighted by Crippen LogP contribution is 2.27. The maximum absolute atomic E-state index is 13.2. The molecule has 0 aliphatic heterocycles. The van der Waals surface area contributed by atoms with Crippen molar-refractivity contribution < 1.29 is 13.9 Å². The van der Waals surface area contributed by atoms with E-state index in [1.165, 1.54) is 19.2 Å². The molecule has 0 radical (unpaired) electrons. The summed E-state index contributed by atoms with van der Waals surface area (Å²) in [7, 11) is 3.33. The van der Waals surface area contributed by atoms with Crippen LogP contribution >= 0.6 is 0 Å². The minimum absolute atomic E-state index is 0.0357. The van der Waals surface area contributed by atoms with E-state index in [4.69, 9.17) is 4.74 Å². The van der Waals surface area contributed by atoms with Gasteiger partial charge < -0.3 is 4.74 Å². The molecule has 0 bridgehead atoms. The van der Waals surface area contributed by atoms with E-state index in [0.29, 0.717) is 13.0 Å². The Morgan fingerprint density at radius 2 is 1.68 bits per heavy atom. The number of halogens is 1. The monoisotopic (exact) mass is 301 g/mol. The molecule has 0 aliphatic carbocycles. The normalized spacial score (nSPS) is 12.2. The number of nitrogens with zero attached hydrogens (tertiary/aromatic N) is 1. The molecular weight excluding hydrogens is 281 g/mol. The summed E-state index contributed by atoms with van der Waals surface area (Å²) in [4.78, 5) is 13.4. The number of ether oxygens (including phenoxy) is 1. The third-order valence-corrected chi connectivity index (χ3v) is 3.64. The minimum atomic E-state index is -0.257. The number of esters is 1. The molecule has 0 fully saturated rings. The molecule has 4 heteroatoms. The van der Waals surface area contributed by atoms with E-state index < -0.39 is 0 Å². The van der Waals surface area contributed by atoms with Crippen LogP contribution < -0.4 is 0 Å². The maximum atomic E-state index is 13.2. The van der Waals surface area contributed by atoms with E-state index in [2.05, 4.69) is 4.90 Å². The van der Waals surface area contributed by atoms with E-state index in [-0.39, 0.29) is 17.8 Å². The Bertz CT molecular complexity index is 598. The fourth-order valence-corrected chi connectivity index (χ4v) is 2.48. The molecule has 2 aromatic rings. The summed E-state index contributed by atoms with van der Waals surface area (Å²) >= 11 is 0. The van der Waals surface area contributed by atoms with Crippen LogP contribution in [0, 0.1) is 5.82 Å². The predicted molar refractivity (Wildman–Crippen MR) is 83.9 cm³/mol. The first kappa shape index (κ1) is 16.2. The average Bonchev–Trinajstić information content (AvgIpc) is 2.55. The molecule has 22 heavy (non-hydrogen) atoms. The summed E-state index contributed by atoms with van der Waals surface area (Å²) in [5, 5.41) is 0. The van der Waals surface area contributed by atoms with E-state index in [1.807, 2.05) is 37.4 Å². The van der Waals surface area contributed by atoms with Crippen molar-refractivity contribution in [1.29, 1.82) is 0 Å². The van der Waals surface area contributed by atoms with Gasteiger partial charge in [-0.1, -0.05) is 42.5 Å². The van der Waals surface area contributed by atoms with Crippen molar-refractivity contribution in [3.8, 4) is 0 Å². The number of carbonyl (C=O) groups excluding carboxylic acids is 1. The SMILES string of the molecule is COC(=O)CCN(C)C(c1ccccc1)c1ccc(F)cc1. The highest BCUT2D eigenvalue weighted by Gasteiger charge is 2.19. The van der Waals surface area contributed by atoms with Crippen molar-refractivity contribution in [3.05, 3.63) is 71.5 Å². The lowest BCUT2D eigenvalue weighted by atomic mass is 9.97. The molecule has 0 N–H and O–H groups in total. The molecular formula is C18H20FNO2. The zero-order valence-electron chi connectivity index (χ0n) is 12.8. The van der Waals surface area contributed by atoms with E-state index in [0.717, 1.165) is 11.1 Å². The van der Waals surface area contributed by atoms with Gasteiger partial charge in [0.2, 0.25) is 0 Å². The van der Waals surface area contributed by atoms with Crippen LogP contribution in [0.15, 0.2) is 54.6 Å². The van der Waals surface area contributed by atoms with Gasteiger partial charge in [-0.2, -0.15) is 0 Å². The topological polar surface area (TPSA) is 29.5 Å². The second kappa shape index (κ2) is 7.71. The van der Waals surface area contributed by atoms with Gasteiger partial charge in [0.25, 0.3) is 0 Å². The molecule has 0 spiro atoms. The summed E-state index contributed by atoms with van der Waals surface area (Å²) < 4.78 is 17.9. The standard InChI is InChI=1S/C18H20FNO2/c1-20(13-12-17(21)22-2)18(14-6-4-3-5-7-14)15-8-10-16(19)11-9-15/h3-11,18H,12-13H2,1-2H3. The molecule has 0 aliphatic rings. The van der Waals surface area contributed by atoms with Gasteiger partial charge in [0, 0.05) is 6.54 Å². The van der Waals surface area contributed by atoms with Gasteiger partial charge in [0.15, 0.2) is 0 Å². The Hall–Kier alpha value is -2.20. The molecule has 0 heterocycles. The first-order valence-corrected chi connectivity index (χ1v) is 7.19. The molecule has 0 saturated carbocycles. The maximum Gasteiger partial charge on any atom is 0.306 e. The molecule has 2 rings (SSSR count). The predicted octanol–water partition coefficient (Wildman–Crippen LogP) is 3.41. The van der Waals surface area contributed by atoms with Gasteiger partial charge in [-0.15, -0.1) is 0 Å². The third kappa shape index (κ3) is 4.15. The van der Waals surface area contributed by atoms with Crippen molar-refractivity contribution in [1.82, 2.24) is 4.90 Å². The molecule has 1 unspecified atom stereocenters. The fraction of sp³-hybridized carbons (Fsp3) is 0.278. The largest absolute Gasteiger partial charge is 0.469 e. The van der Waals surface area contributed by atoms with Gasteiger partial charge in [-0.05, 0) is 30.3 Å². The van der Waals surface area contributed by atoms with Gasteiger partial charge in [0.1, 0.15) is 5.82 Å². The first-order chi connectivity index (χ1) is 10.6. The van der Waals surface area contributed by atoms with Crippen LogP contribution in [0.25, 0.3) is 0 Å². The Labute approximate surface area is 130 Å². The summed E-state index contributed by atoms with van der Waals surface area (Å²) in [5.74, 6) is -0.495.